The number of carbonyl (C=O) groups is 1. The Balaban J connectivity index is 1.35. The van der Waals surface area contributed by atoms with Gasteiger partial charge in [-0.3, -0.25) is 19.1 Å². The van der Waals surface area contributed by atoms with Gasteiger partial charge in [-0.05, 0) is 48.1 Å². The van der Waals surface area contributed by atoms with Gasteiger partial charge in [0.15, 0.2) is 16.3 Å². The molecule has 2 aromatic heterocycles. The number of nitrogens with one attached hydrogen (secondary N) is 2. The van der Waals surface area contributed by atoms with Gasteiger partial charge in [0.05, 0.1) is 29.7 Å². The molecule has 0 saturated carbocycles. The van der Waals surface area contributed by atoms with Crippen LogP contribution in [-0.2, 0) is 13.1 Å². The van der Waals surface area contributed by atoms with Crippen LogP contribution in [0.25, 0.3) is 10.9 Å². The third-order valence-electron chi connectivity index (χ3n) is 5.19. The van der Waals surface area contributed by atoms with Crippen molar-refractivity contribution in [2.45, 2.75) is 13.1 Å². The van der Waals surface area contributed by atoms with E-state index in [-0.39, 0.29) is 24.8 Å². The summed E-state index contributed by atoms with van der Waals surface area (Å²) in [6.45, 7) is 0.748. The van der Waals surface area contributed by atoms with E-state index < -0.39 is 0 Å². The molecule has 0 fully saturated rings. The average molecular weight is 446 g/mol. The number of rotatable bonds is 5. The van der Waals surface area contributed by atoms with Crippen LogP contribution in [0.2, 0.25) is 0 Å². The minimum atomic E-state index is -0.223. The van der Waals surface area contributed by atoms with Gasteiger partial charge in [0.25, 0.3) is 11.5 Å². The Morgan fingerprint density at radius 3 is 2.66 bits per heavy atom. The second kappa shape index (κ2) is 8.27. The summed E-state index contributed by atoms with van der Waals surface area (Å²) in [6, 6.07) is 16.0. The number of aromatic nitrogens is 3. The van der Waals surface area contributed by atoms with E-state index in [0.717, 1.165) is 11.3 Å². The zero-order valence-corrected chi connectivity index (χ0v) is 17.6. The first-order valence-corrected chi connectivity index (χ1v) is 10.3. The molecule has 1 amide bonds. The van der Waals surface area contributed by atoms with Gasteiger partial charge in [-0.15, -0.1) is 0 Å². The van der Waals surface area contributed by atoms with Gasteiger partial charge in [0, 0.05) is 17.8 Å². The third-order valence-corrected chi connectivity index (χ3v) is 5.51. The molecule has 0 radical (unpaired) electrons. The molecule has 0 bridgehead atoms. The number of hydrogen-bond donors (Lipinski definition) is 2. The van der Waals surface area contributed by atoms with Crippen molar-refractivity contribution >= 4 is 29.0 Å². The average Bonchev–Trinajstić information content (AvgIpc) is 3.28. The molecule has 0 saturated heterocycles. The van der Waals surface area contributed by atoms with Gasteiger partial charge in [0.2, 0.25) is 6.79 Å². The van der Waals surface area contributed by atoms with E-state index in [9.17, 15) is 9.59 Å². The lowest BCUT2D eigenvalue weighted by molar-refractivity contribution is 0.0950. The number of H-pyrrole nitrogens is 1. The lowest BCUT2D eigenvalue weighted by Crippen LogP contribution is -2.24. The SMILES string of the molecule is O=C(NCc1ccccn1)c1ccc(Cn2c(=S)[nH]c3cc4c(cc3c2=O)OCO4)cc1. The number of pyridine rings is 1. The fraction of sp³-hybridized carbons (Fsp3) is 0.130. The highest BCUT2D eigenvalue weighted by Gasteiger charge is 2.17. The van der Waals surface area contributed by atoms with Crippen LogP contribution in [-0.4, -0.2) is 27.2 Å². The van der Waals surface area contributed by atoms with Gasteiger partial charge >= 0.3 is 0 Å². The second-order valence-electron chi connectivity index (χ2n) is 7.27. The van der Waals surface area contributed by atoms with Crippen LogP contribution in [0.4, 0.5) is 0 Å². The summed E-state index contributed by atoms with van der Waals surface area (Å²) in [4.78, 5) is 32.7. The standard InChI is InChI=1S/C23H18N4O4S/c28-21(25-11-16-3-1-2-8-24-16)15-6-4-14(5-7-15)12-27-22(29)17-9-19-20(31-13-30-19)10-18(17)26-23(27)32/h1-10H,11-13H2,(H,25,28)(H,26,32). The molecule has 32 heavy (non-hydrogen) atoms. The van der Waals surface area contributed by atoms with Crippen LogP contribution in [0.3, 0.4) is 0 Å². The third kappa shape index (κ3) is 3.85. The monoisotopic (exact) mass is 446 g/mol. The lowest BCUT2D eigenvalue weighted by Gasteiger charge is -2.10. The van der Waals surface area contributed by atoms with Crippen molar-refractivity contribution in [2.24, 2.45) is 0 Å². The fourth-order valence-corrected chi connectivity index (χ4v) is 3.76. The smallest absolute Gasteiger partial charge is 0.262 e. The minimum absolute atomic E-state index is 0.127. The molecule has 0 aliphatic carbocycles. The zero-order valence-electron chi connectivity index (χ0n) is 16.8. The number of hydrogen-bond acceptors (Lipinski definition) is 6. The van der Waals surface area contributed by atoms with Crippen molar-refractivity contribution in [2.75, 3.05) is 6.79 Å². The van der Waals surface area contributed by atoms with Crippen molar-refractivity contribution in [1.29, 1.82) is 0 Å². The van der Waals surface area contributed by atoms with E-state index in [0.29, 0.717) is 39.3 Å². The van der Waals surface area contributed by atoms with Gasteiger partial charge < -0.3 is 19.8 Å². The number of amides is 1. The van der Waals surface area contributed by atoms with Crippen LogP contribution in [0, 0.1) is 4.77 Å². The van der Waals surface area contributed by atoms with E-state index in [4.69, 9.17) is 21.7 Å². The zero-order chi connectivity index (χ0) is 22.1. The molecular weight excluding hydrogens is 428 g/mol. The summed E-state index contributed by atoms with van der Waals surface area (Å²) in [5.74, 6) is 0.920. The Bertz CT molecular complexity index is 1430. The van der Waals surface area contributed by atoms with E-state index in [1.807, 2.05) is 18.2 Å². The molecule has 5 rings (SSSR count). The highest BCUT2D eigenvalue weighted by molar-refractivity contribution is 7.71. The second-order valence-corrected chi connectivity index (χ2v) is 7.66. The molecule has 2 aromatic carbocycles. The highest BCUT2D eigenvalue weighted by atomic mass is 32.1. The Labute approximate surface area is 187 Å². The van der Waals surface area contributed by atoms with E-state index in [2.05, 4.69) is 15.3 Å². The largest absolute Gasteiger partial charge is 0.454 e. The molecule has 1 aliphatic heterocycles. The maximum Gasteiger partial charge on any atom is 0.262 e. The molecule has 160 valence electrons. The van der Waals surface area contributed by atoms with Crippen molar-refractivity contribution in [3.8, 4) is 11.5 Å². The number of carbonyl (C=O) groups excluding carboxylic acids is 1. The highest BCUT2D eigenvalue weighted by Crippen LogP contribution is 2.34. The van der Waals surface area contributed by atoms with Gasteiger partial charge in [0.1, 0.15) is 0 Å². The molecule has 0 spiro atoms. The molecule has 9 heteroatoms. The van der Waals surface area contributed by atoms with Crippen molar-refractivity contribution in [3.63, 3.8) is 0 Å². The molecule has 2 N–H and O–H groups in total. The topological polar surface area (TPSA) is 98.2 Å². The molecule has 4 aromatic rings. The van der Waals surface area contributed by atoms with Gasteiger partial charge in [-0.2, -0.15) is 0 Å². The number of benzene rings is 2. The molecule has 0 unspecified atom stereocenters. The van der Waals surface area contributed by atoms with Crippen LogP contribution in [0.1, 0.15) is 21.6 Å². The Kier molecular flexibility index (Phi) is 5.16. The predicted octanol–water partition coefficient (Wildman–Crippen LogP) is 3.16. The first-order valence-electron chi connectivity index (χ1n) is 9.92. The summed E-state index contributed by atoms with van der Waals surface area (Å²) in [5, 5.41) is 3.31. The predicted molar refractivity (Wildman–Crippen MR) is 120 cm³/mol. The lowest BCUT2D eigenvalue weighted by atomic mass is 10.1. The quantitative estimate of drug-likeness (QED) is 0.457. The fourth-order valence-electron chi connectivity index (χ4n) is 3.51. The van der Waals surface area contributed by atoms with Crippen LogP contribution >= 0.6 is 12.2 Å². The summed E-state index contributed by atoms with van der Waals surface area (Å²) in [6.07, 6.45) is 1.68. The minimum Gasteiger partial charge on any atom is -0.454 e. The Hall–Kier alpha value is -3.98. The van der Waals surface area contributed by atoms with E-state index in [1.54, 1.807) is 42.6 Å². The van der Waals surface area contributed by atoms with Gasteiger partial charge in [-0.1, -0.05) is 18.2 Å². The summed E-state index contributed by atoms with van der Waals surface area (Å²) in [7, 11) is 0. The van der Waals surface area contributed by atoms with E-state index in [1.165, 1.54) is 4.57 Å². The summed E-state index contributed by atoms with van der Waals surface area (Å²) in [5.41, 5.74) is 2.52. The molecule has 0 atom stereocenters. The first kappa shape index (κ1) is 20.0. The maximum atomic E-state index is 13.1. The summed E-state index contributed by atoms with van der Waals surface area (Å²) >= 11 is 5.41. The van der Waals surface area contributed by atoms with Gasteiger partial charge in [-0.25, -0.2) is 0 Å². The normalized spacial score (nSPS) is 12.1. The Morgan fingerprint density at radius 1 is 1.12 bits per heavy atom. The van der Waals surface area contributed by atoms with Crippen LogP contribution in [0.15, 0.2) is 65.6 Å². The van der Waals surface area contributed by atoms with Crippen molar-refractivity contribution in [3.05, 3.63) is 92.7 Å². The van der Waals surface area contributed by atoms with Crippen LogP contribution in [0.5, 0.6) is 11.5 Å². The van der Waals surface area contributed by atoms with E-state index >= 15 is 0 Å². The molecular formula is C23H18N4O4S. The molecule has 3 heterocycles. The first-order chi connectivity index (χ1) is 15.6. The summed E-state index contributed by atoms with van der Waals surface area (Å²) < 4.78 is 12.5. The van der Waals surface area contributed by atoms with Crippen molar-refractivity contribution in [1.82, 2.24) is 19.9 Å². The number of nitrogens with zero attached hydrogens (tertiary/aromatic N) is 2. The number of aromatic amines is 1. The molecule has 1 aliphatic rings. The molecule has 8 nitrogen and oxygen atoms in total. The van der Waals surface area contributed by atoms with Crippen molar-refractivity contribution < 1.29 is 14.3 Å². The Morgan fingerprint density at radius 2 is 1.91 bits per heavy atom. The number of fused-ring (bicyclic) bond motifs is 2. The maximum absolute atomic E-state index is 13.1. The van der Waals surface area contributed by atoms with Crippen LogP contribution < -0.4 is 20.3 Å². The number of ether oxygens (including phenoxy) is 2.